The molecule has 2 bridgehead atoms. The first-order chi connectivity index (χ1) is 16.7. The molecule has 2 saturated heterocycles. The van der Waals surface area contributed by atoms with E-state index in [9.17, 15) is 27.6 Å². The van der Waals surface area contributed by atoms with E-state index in [1.807, 2.05) is 0 Å². The molecule has 2 fully saturated rings. The highest BCUT2D eigenvalue weighted by Crippen LogP contribution is 2.47. The third-order valence-corrected chi connectivity index (χ3v) is 7.12. The molecule has 0 radical (unpaired) electrons. The van der Waals surface area contributed by atoms with Crippen molar-refractivity contribution in [2.24, 2.45) is 0 Å². The summed E-state index contributed by atoms with van der Waals surface area (Å²) >= 11 is 0. The minimum Gasteiger partial charge on any atom is -0.372 e. The maximum Gasteiger partial charge on any atom is 0.329 e. The number of hydrogen-bond donors (Lipinski definition) is 2. The van der Waals surface area contributed by atoms with Crippen LogP contribution in [0.3, 0.4) is 0 Å². The lowest BCUT2D eigenvalue weighted by atomic mass is 9.83. The second-order valence-corrected chi connectivity index (χ2v) is 9.41. The molecule has 2 aliphatic heterocycles. The van der Waals surface area contributed by atoms with Crippen molar-refractivity contribution >= 4 is 16.8 Å². The van der Waals surface area contributed by atoms with Crippen molar-refractivity contribution < 1.29 is 22.7 Å². The Labute approximate surface area is 197 Å². The summed E-state index contributed by atoms with van der Waals surface area (Å²) in [5, 5.41) is 2.58. The molecular formula is C25H24F3N3O4. The normalized spacial score (nSPS) is 22.9. The Balaban J connectivity index is 1.55. The van der Waals surface area contributed by atoms with E-state index >= 15 is 0 Å². The van der Waals surface area contributed by atoms with Crippen LogP contribution in [0.15, 0.2) is 46.0 Å². The number of amides is 1. The van der Waals surface area contributed by atoms with E-state index in [1.54, 1.807) is 0 Å². The summed E-state index contributed by atoms with van der Waals surface area (Å²) in [6, 6.07) is 4.26. The number of carbonyl (C=O) groups excluding carboxylic acids is 1. The van der Waals surface area contributed by atoms with E-state index in [1.165, 1.54) is 19.1 Å². The number of halogens is 3. The summed E-state index contributed by atoms with van der Waals surface area (Å²) < 4.78 is 48.4. The largest absolute Gasteiger partial charge is 0.372 e. The lowest BCUT2D eigenvalue weighted by Crippen LogP contribution is -2.47. The Kier molecular flexibility index (Phi) is 5.79. The van der Waals surface area contributed by atoms with Gasteiger partial charge in [0.25, 0.3) is 5.56 Å². The quantitative estimate of drug-likeness (QED) is 0.556. The van der Waals surface area contributed by atoms with Gasteiger partial charge >= 0.3 is 5.69 Å². The number of H-pyrrole nitrogens is 1. The molecule has 3 aromatic rings. The molecule has 2 atom stereocenters. The standard InChI is InChI=1S/C25H24F3N3O4/c1-13(17-4-2-15(27)11-19(17)28)29-22(32)21(12-25-8-6-16(35-25)7-9-25)31-23(33)18-10-14(26)3-5-20(18)30-24(31)34/h2-5,10-11,13,16,21H,6-9,12H2,1H3,(H,29,32)(H,30,34)/t13-,16?,21+,25?/m1/s1. The predicted molar refractivity (Wildman–Crippen MR) is 121 cm³/mol. The summed E-state index contributed by atoms with van der Waals surface area (Å²) in [5.74, 6) is -2.94. The van der Waals surface area contributed by atoms with E-state index in [2.05, 4.69) is 10.3 Å². The Morgan fingerprint density at radius 1 is 1.14 bits per heavy atom. The van der Waals surface area contributed by atoms with Crippen LogP contribution in [0.4, 0.5) is 13.2 Å². The van der Waals surface area contributed by atoms with Gasteiger partial charge in [-0.05, 0) is 56.9 Å². The molecule has 0 saturated carbocycles. The predicted octanol–water partition coefficient (Wildman–Crippen LogP) is 3.63. The van der Waals surface area contributed by atoms with Gasteiger partial charge in [-0.2, -0.15) is 0 Å². The SMILES string of the molecule is C[C@@H](NC(=O)[C@H](CC12CCC(CC1)O2)n1c(=O)[nH]c2ccc(F)cc2c1=O)c1ccc(F)cc1F. The Morgan fingerprint density at radius 3 is 2.49 bits per heavy atom. The van der Waals surface area contributed by atoms with Gasteiger partial charge in [0.05, 0.1) is 28.6 Å². The Bertz CT molecular complexity index is 1430. The van der Waals surface area contributed by atoms with Gasteiger partial charge in [-0.3, -0.25) is 9.59 Å². The van der Waals surface area contributed by atoms with Crippen LogP contribution in [0.2, 0.25) is 0 Å². The van der Waals surface area contributed by atoms with Crippen LogP contribution in [-0.2, 0) is 9.53 Å². The number of rotatable bonds is 6. The average molecular weight is 487 g/mol. The van der Waals surface area contributed by atoms with Gasteiger partial charge in [0.15, 0.2) is 0 Å². The van der Waals surface area contributed by atoms with Crippen molar-refractivity contribution in [2.45, 2.75) is 62.8 Å². The van der Waals surface area contributed by atoms with Gasteiger partial charge in [0.1, 0.15) is 23.5 Å². The number of hydrogen-bond acceptors (Lipinski definition) is 4. The smallest absolute Gasteiger partial charge is 0.329 e. The molecule has 184 valence electrons. The van der Waals surface area contributed by atoms with Crippen LogP contribution in [0.5, 0.6) is 0 Å². The first kappa shape index (κ1) is 23.3. The van der Waals surface area contributed by atoms with Crippen LogP contribution in [0.25, 0.3) is 10.9 Å². The average Bonchev–Trinajstić information content (AvgIpc) is 3.40. The van der Waals surface area contributed by atoms with Gasteiger partial charge < -0.3 is 15.0 Å². The Hall–Kier alpha value is -3.40. The highest BCUT2D eigenvalue weighted by molar-refractivity contribution is 5.82. The second kappa shape index (κ2) is 8.67. The molecule has 5 rings (SSSR count). The lowest BCUT2D eigenvalue weighted by Gasteiger charge is -2.30. The zero-order chi connectivity index (χ0) is 24.9. The summed E-state index contributed by atoms with van der Waals surface area (Å²) in [7, 11) is 0. The molecule has 10 heteroatoms. The van der Waals surface area contributed by atoms with Crippen molar-refractivity contribution in [3.8, 4) is 0 Å². The van der Waals surface area contributed by atoms with Crippen molar-refractivity contribution in [2.75, 3.05) is 0 Å². The second-order valence-electron chi connectivity index (χ2n) is 9.41. The molecule has 2 N–H and O–H groups in total. The van der Waals surface area contributed by atoms with Crippen LogP contribution in [0.1, 0.15) is 56.7 Å². The van der Waals surface area contributed by atoms with E-state index < -0.39 is 52.3 Å². The van der Waals surface area contributed by atoms with E-state index in [0.29, 0.717) is 18.9 Å². The number of nitrogens with zero attached hydrogens (tertiary/aromatic N) is 1. The Morgan fingerprint density at radius 2 is 1.83 bits per heavy atom. The summed E-state index contributed by atoms with van der Waals surface area (Å²) in [4.78, 5) is 42.4. The third-order valence-electron chi connectivity index (χ3n) is 7.12. The van der Waals surface area contributed by atoms with E-state index in [-0.39, 0.29) is 29.0 Å². The maximum atomic E-state index is 14.3. The third kappa shape index (κ3) is 4.27. The fourth-order valence-electron chi connectivity index (χ4n) is 5.34. The molecule has 2 aromatic carbocycles. The van der Waals surface area contributed by atoms with Crippen LogP contribution in [-0.4, -0.2) is 27.2 Å². The van der Waals surface area contributed by atoms with Crippen molar-refractivity contribution in [1.82, 2.24) is 14.9 Å². The highest BCUT2D eigenvalue weighted by atomic mass is 19.1. The van der Waals surface area contributed by atoms with E-state index in [4.69, 9.17) is 4.74 Å². The zero-order valence-electron chi connectivity index (χ0n) is 18.9. The number of aromatic amines is 1. The van der Waals surface area contributed by atoms with Gasteiger partial charge in [0.2, 0.25) is 5.91 Å². The highest BCUT2D eigenvalue weighted by Gasteiger charge is 2.49. The molecule has 3 heterocycles. The summed E-state index contributed by atoms with van der Waals surface area (Å²) in [6.45, 7) is 1.52. The minimum absolute atomic E-state index is 0.0524. The first-order valence-electron chi connectivity index (χ1n) is 11.5. The number of benzene rings is 2. The monoisotopic (exact) mass is 487 g/mol. The van der Waals surface area contributed by atoms with Crippen molar-refractivity contribution in [1.29, 1.82) is 0 Å². The molecule has 1 amide bonds. The molecule has 7 nitrogen and oxygen atoms in total. The fraction of sp³-hybridized carbons (Fsp3) is 0.400. The zero-order valence-corrected chi connectivity index (χ0v) is 18.9. The fourth-order valence-corrected chi connectivity index (χ4v) is 5.34. The summed E-state index contributed by atoms with van der Waals surface area (Å²) in [6.07, 6.45) is 3.13. The molecular weight excluding hydrogens is 463 g/mol. The molecule has 1 aromatic heterocycles. The van der Waals surface area contributed by atoms with E-state index in [0.717, 1.165) is 35.6 Å². The number of carbonyl (C=O) groups is 1. The van der Waals surface area contributed by atoms with Gasteiger partial charge in [0, 0.05) is 18.1 Å². The molecule has 0 aliphatic carbocycles. The van der Waals surface area contributed by atoms with Crippen LogP contribution in [0, 0.1) is 17.5 Å². The number of aromatic nitrogens is 2. The molecule has 0 spiro atoms. The van der Waals surface area contributed by atoms with Crippen molar-refractivity contribution in [3.05, 3.63) is 80.3 Å². The minimum atomic E-state index is -1.29. The number of ether oxygens (including phenoxy) is 1. The first-order valence-corrected chi connectivity index (χ1v) is 11.5. The van der Waals surface area contributed by atoms with Gasteiger partial charge in [-0.1, -0.05) is 6.07 Å². The molecule has 2 aliphatic rings. The molecule has 35 heavy (non-hydrogen) atoms. The van der Waals surface area contributed by atoms with Crippen LogP contribution >= 0.6 is 0 Å². The topological polar surface area (TPSA) is 93.2 Å². The number of fused-ring (bicyclic) bond motifs is 3. The van der Waals surface area contributed by atoms with Crippen LogP contribution < -0.4 is 16.6 Å². The molecule has 0 unspecified atom stereocenters. The lowest BCUT2D eigenvalue weighted by molar-refractivity contribution is -0.127. The summed E-state index contributed by atoms with van der Waals surface area (Å²) in [5.41, 5.74) is -2.10. The van der Waals surface area contributed by atoms with Gasteiger partial charge in [-0.15, -0.1) is 0 Å². The number of nitrogens with one attached hydrogen (secondary N) is 2. The van der Waals surface area contributed by atoms with Gasteiger partial charge in [-0.25, -0.2) is 22.5 Å². The van der Waals surface area contributed by atoms with Crippen molar-refractivity contribution in [3.63, 3.8) is 0 Å². The maximum absolute atomic E-state index is 14.3.